The maximum absolute atomic E-state index is 11.4. The summed E-state index contributed by atoms with van der Waals surface area (Å²) in [4.78, 5) is 3.10. The van der Waals surface area contributed by atoms with E-state index in [4.69, 9.17) is 0 Å². The third-order valence-corrected chi connectivity index (χ3v) is 4.38. The van der Waals surface area contributed by atoms with Crippen LogP contribution < -0.4 is 5.32 Å². The molecule has 2 rings (SSSR count). The van der Waals surface area contributed by atoms with Gasteiger partial charge in [-0.2, -0.15) is 0 Å². The molecule has 0 bridgehead atoms. The number of fused-ring (bicyclic) bond motifs is 1. The molecule has 2 heterocycles. The van der Waals surface area contributed by atoms with Gasteiger partial charge in [-0.3, -0.25) is 0 Å². The smallest absolute Gasteiger partial charge is 0.154 e. The van der Waals surface area contributed by atoms with Crippen molar-refractivity contribution < 1.29 is 13.5 Å². The van der Waals surface area contributed by atoms with Gasteiger partial charge in [0.05, 0.1) is 11.5 Å². The number of aliphatic hydroxyl groups is 1. The second kappa shape index (κ2) is 4.20. The molecule has 0 spiro atoms. The van der Waals surface area contributed by atoms with E-state index in [9.17, 15) is 13.5 Å². The van der Waals surface area contributed by atoms with Crippen LogP contribution in [0, 0.1) is 0 Å². The van der Waals surface area contributed by atoms with Crippen LogP contribution in [-0.2, 0) is 22.0 Å². The molecule has 0 aromatic carbocycles. The highest BCUT2D eigenvalue weighted by molar-refractivity contribution is 7.90. The summed E-state index contributed by atoms with van der Waals surface area (Å²) in [6.45, 7) is 0.451. The highest BCUT2D eigenvalue weighted by Crippen LogP contribution is 2.24. The summed E-state index contributed by atoms with van der Waals surface area (Å²) in [5, 5.41) is 12.6. The van der Waals surface area contributed by atoms with E-state index < -0.39 is 15.9 Å². The van der Waals surface area contributed by atoms with Crippen molar-refractivity contribution in [2.24, 2.45) is 0 Å². The van der Waals surface area contributed by atoms with E-state index in [1.807, 2.05) is 0 Å². The molecule has 0 radical (unpaired) electrons. The number of sulfone groups is 1. The van der Waals surface area contributed by atoms with Crippen LogP contribution in [0.3, 0.4) is 0 Å². The molecule has 90 valence electrons. The zero-order valence-corrected chi connectivity index (χ0v) is 9.97. The topological polar surface area (TPSA) is 82.2 Å². The van der Waals surface area contributed by atoms with Crippen LogP contribution in [0.5, 0.6) is 0 Å². The monoisotopic (exact) mass is 244 g/mol. The number of rotatable bonds is 3. The number of aromatic nitrogens is 1. The first-order valence-corrected chi connectivity index (χ1v) is 7.08. The Morgan fingerprint density at radius 1 is 1.62 bits per heavy atom. The average Bonchev–Trinajstić information content (AvgIpc) is 2.59. The van der Waals surface area contributed by atoms with Crippen molar-refractivity contribution in [3.8, 4) is 0 Å². The number of likely N-dealkylation sites (N-methyl/N-ethyl adjacent to an activating group) is 1. The number of aliphatic hydroxyl groups excluding tert-OH is 1. The largest absolute Gasteiger partial charge is 0.386 e. The van der Waals surface area contributed by atoms with Gasteiger partial charge in [-0.25, -0.2) is 8.42 Å². The van der Waals surface area contributed by atoms with Gasteiger partial charge in [0, 0.05) is 24.4 Å². The first-order chi connectivity index (χ1) is 7.52. The average molecular weight is 244 g/mol. The van der Waals surface area contributed by atoms with Crippen molar-refractivity contribution in [3.63, 3.8) is 0 Å². The lowest BCUT2D eigenvalue weighted by Gasteiger charge is -2.11. The number of H-pyrrole nitrogens is 1. The molecule has 6 heteroatoms. The number of aryl methyl sites for hydroxylation is 1. The minimum absolute atomic E-state index is 0.0884. The minimum atomic E-state index is -2.94. The molecule has 0 fully saturated rings. The lowest BCUT2D eigenvalue weighted by Crippen LogP contribution is -2.18. The van der Waals surface area contributed by atoms with E-state index in [0.717, 1.165) is 11.3 Å². The van der Waals surface area contributed by atoms with Crippen LogP contribution in [0.15, 0.2) is 6.07 Å². The molecule has 1 aliphatic rings. The van der Waals surface area contributed by atoms with Crippen molar-refractivity contribution in [1.82, 2.24) is 10.3 Å². The van der Waals surface area contributed by atoms with E-state index in [1.54, 1.807) is 13.1 Å². The first kappa shape index (κ1) is 11.6. The molecule has 16 heavy (non-hydrogen) atoms. The summed E-state index contributed by atoms with van der Waals surface area (Å²) >= 11 is 0. The van der Waals surface area contributed by atoms with Gasteiger partial charge in [0.1, 0.15) is 6.10 Å². The molecular formula is C10H16N2O3S. The summed E-state index contributed by atoms with van der Waals surface area (Å²) < 4.78 is 22.9. The molecule has 0 aliphatic carbocycles. The Morgan fingerprint density at radius 2 is 2.38 bits per heavy atom. The predicted octanol–water partition coefficient (Wildman–Crippen LogP) is -0.262. The Labute approximate surface area is 94.8 Å². The van der Waals surface area contributed by atoms with Crippen molar-refractivity contribution in [2.75, 3.05) is 19.3 Å². The Morgan fingerprint density at radius 3 is 3.06 bits per heavy atom. The fourth-order valence-corrected chi connectivity index (χ4v) is 3.36. The minimum Gasteiger partial charge on any atom is -0.386 e. The number of hydrogen-bond acceptors (Lipinski definition) is 4. The second-order valence-corrected chi connectivity index (χ2v) is 6.33. The Hall–Kier alpha value is -0.850. The Balaban J connectivity index is 2.25. The predicted molar refractivity (Wildman–Crippen MR) is 60.9 cm³/mol. The normalized spacial score (nSPS) is 20.4. The Bertz CT molecular complexity index is 478. The summed E-state index contributed by atoms with van der Waals surface area (Å²) in [5.41, 5.74) is 2.44. The third kappa shape index (κ3) is 2.28. The standard InChI is InChI=1S/C10H16N2O3S/c1-11-5-10(13)9-4-7-6-16(14,15)3-2-8(7)12-9/h4,10-13H,2-3,5-6H2,1H3. The van der Waals surface area contributed by atoms with Gasteiger partial charge in [-0.15, -0.1) is 0 Å². The van der Waals surface area contributed by atoms with Gasteiger partial charge in [0.25, 0.3) is 0 Å². The molecule has 0 saturated heterocycles. The molecule has 0 amide bonds. The molecule has 5 nitrogen and oxygen atoms in total. The zero-order valence-electron chi connectivity index (χ0n) is 9.16. The van der Waals surface area contributed by atoms with Crippen LogP contribution >= 0.6 is 0 Å². The van der Waals surface area contributed by atoms with Crippen LogP contribution in [-0.4, -0.2) is 37.9 Å². The maximum Gasteiger partial charge on any atom is 0.154 e. The van der Waals surface area contributed by atoms with E-state index in [1.165, 1.54) is 0 Å². The third-order valence-electron chi connectivity index (χ3n) is 2.81. The van der Waals surface area contributed by atoms with E-state index in [0.29, 0.717) is 18.7 Å². The molecule has 1 aliphatic heterocycles. The van der Waals surface area contributed by atoms with Crippen LogP contribution in [0.2, 0.25) is 0 Å². The summed E-state index contributed by atoms with van der Waals surface area (Å²) in [7, 11) is -1.18. The quantitative estimate of drug-likeness (QED) is 0.684. The molecule has 1 atom stereocenters. The van der Waals surface area contributed by atoms with Crippen molar-refractivity contribution in [3.05, 3.63) is 23.0 Å². The highest BCUT2D eigenvalue weighted by Gasteiger charge is 2.24. The van der Waals surface area contributed by atoms with Crippen molar-refractivity contribution >= 4 is 9.84 Å². The molecule has 0 saturated carbocycles. The molecule has 1 aromatic rings. The maximum atomic E-state index is 11.4. The second-order valence-electron chi connectivity index (χ2n) is 4.14. The number of aromatic amines is 1. The van der Waals surface area contributed by atoms with E-state index in [-0.39, 0.29) is 11.5 Å². The van der Waals surface area contributed by atoms with Gasteiger partial charge in [-0.1, -0.05) is 0 Å². The fraction of sp³-hybridized carbons (Fsp3) is 0.600. The lowest BCUT2D eigenvalue weighted by atomic mass is 10.2. The summed E-state index contributed by atoms with van der Waals surface area (Å²) in [5.74, 6) is 0.285. The van der Waals surface area contributed by atoms with Gasteiger partial charge in [-0.05, 0) is 18.7 Å². The molecular weight excluding hydrogens is 228 g/mol. The van der Waals surface area contributed by atoms with Crippen molar-refractivity contribution in [2.45, 2.75) is 18.3 Å². The summed E-state index contributed by atoms with van der Waals surface area (Å²) in [6, 6.07) is 1.76. The van der Waals surface area contributed by atoms with Crippen LogP contribution in [0.1, 0.15) is 23.1 Å². The first-order valence-electron chi connectivity index (χ1n) is 5.25. The lowest BCUT2D eigenvalue weighted by molar-refractivity contribution is 0.173. The zero-order chi connectivity index (χ0) is 11.8. The van der Waals surface area contributed by atoms with Gasteiger partial charge < -0.3 is 15.4 Å². The van der Waals surface area contributed by atoms with E-state index in [2.05, 4.69) is 10.3 Å². The van der Waals surface area contributed by atoms with Crippen LogP contribution in [0.4, 0.5) is 0 Å². The van der Waals surface area contributed by atoms with Gasteiger partial charge >= 0.3 is 0 Å². The Kier molecular flexibility index (Phi) is 3.05. The van der Waals surface area contributed by atoms with Gasteiger partial charge in [0.15, 0.2) is 9.84 Å². The highest BCUT2D eigenvalue weighted by atomic mass is 32.2. The van der Waals surface area contributed by atoms with Crippen molar-refractivity contribution in [1.29, 1.82) is 0 Å². The van der Waals surface area contributed by atoms with Crippen LogP contribution in [0.25, 0.3) is 0 Å². The summed E-state index contributed by atoms with van der Waals surface area (Å²) in [6.07, 6.45) is -0.0949. The molecule has 3 N–H and O–H groups in total. The number of hydrogen-bond donors (Lipinski definition) is 3. The fourth-order valence-electron chi connectivity index (χ4n) is 1.97. The molecule has 1 unspecified atom stereocenters. The number of nitrogens with one attached hydrogen (secondary N) is 2. The van der Waals surface area contributed by atoms with E-state index >= 15 is 0 Å². The van der Waals surface area contributed by atoms with Gasteiger partial charge in [0.2, 0.25) is 0 Å². The molecule has 1 aromatic heterocycles. The SMILES string of the molecule is CNCC(O)c1cc2c([nH]1)CCS(=O)(=O)C2.